The number of anilines is 1. The number of thiophene rings is 1. The Balaban J connectivity index is 1.55. The molecule has 2 atom stereocenters. The van der Waals surface area contributed by atoms with Crippen LogP contribution in [0.15, 0.2) is 53.6 Å². The standard InChI is InChI=1S/C25H20ClN3O4S/c1-12(22(30)16-6-9-19-18(10-16)28-23(31)13(2)33-19)29-11-27-24-21(25(29)32)20(14(3)34-24)15-4-7-17(26)8-5-15/h4-13H,1-3H3,(H,28,31). The van der Waals surface area contributed by atoms with E-state index in [2.05, 4.69) is 10.3 Å². The minimum atomic E-state index is -0.806. The van der Waals surface area contributed by atoms with Gasteiger partial charge in [-0.3, -0.25) is 19.0 Å². The molecular weight excluding hydrogens is 474 g/mol. The van der Waals surface area contributed by atoms with Gasteiger partial charge in [-0.2, -0.15) is 0 Å². The molecule has 9 heteroatoms. The van der Waals surface area contributed by atoms with Crippen molar-refractivity contribution in [1.82, 2.24) is 9.55 Å². The molecule has 1 aliphatic heterocycles. The van der Waals surface area contributed by atoms with Crippen molar-refractivity contribution in [1.29, 1.82) is 0 Å². The molecule has 0 saturated carbocycles. The van der Waals surface area contributed by atoms with Crippen LogP contribution in [-0.4, -0.2) is 27.3 Å². The second-order valence-corrected chi connectivity index (χ2v) is 9.82. The molecule has 1 aliphatic rings. The Kier molecular flexibility index (Phi) is 5.50. The number of carbonyl (C=O) groups is 2. The van der Waals surface area contributed by atoms with Crippen LogP contribution < -0.4 is 15.6 Å². The van der Waals surface area contributed by atoms with Gasteiger partial charge in [0, 0.05) is 21.0 Å². The third-order valence-corrected chi connectivity index (χ3v) is 7.20. The summed E-state index contributed by atoms with van der Waals surface area (Å²) in [5.41, 5.74) is 2.16. The minimum Gasteiger partial charge on any atom is -0.479 e. The average molecular weight is 494 g/mol. The summed E-state index contributed by atoms with van der Waals surface area (Å²) in [4.78, 5) is 44.9. The second kappa shape index (κ2) is 8.38. The van der Waals surface area contributed by atoms with Gasteiger partial charge in [-0.15, -0.1) is 11.3 Å². The van der Waals surface area contributed by atoms with E-state index >= 15 is 0 Å². The van der Waals surface area contributed by atoms with Crippen molar-refractivity contribution in [2.45, 2.75) is 32.9 Å². The number of nitrogens with one attached hydrogen (secondary N) is 1. The fraction of sp³-hybridized carbons (Fsp3) is 0.200. The molecule has 0 fully saturated rings. The van der Waals surface area contributed by atoms with Crippen molar-refractivity contribution in [3.05, 3.63) is 74.6 Å². The fourth-order valence-corrected chi connectivity index (χ4v) is 5.21. The number of amides is 1. The maximum absolute atomic E-state index is 13.6. The Hall–Kier alpha value is -3.49. The van der Waals surface area contributed by atoms with E-state index in [1.54, 1.807) is 44.2 Å². The van der Waals surface area contributed by atoms with Crippen LogP contribution in [0.5, 0.6) is 5.75 Å². The Morgan fingerprint density at radius 2 is 1.94 bits per heavy atom. The van der Waals surface area contributed by atoms with Gasteiger partial charge in [0.15, 0.2) is 11.9 Å². The Morgan fingerprint density at radius 1 is 1.21 bits per heavy atom. The summed E-state index contributed by atoms with van der Waals surface area (Å²) in [7, 11) is 0. The van der Waals surface area contributed by atoms with E-state index in [4.69, 9.17) is 16.3 Å². The normalized spacial score (nSPS) is 16.0. The van der Waals surface area contributed by atoms with Crippen LogP contribution in [0.3, 0.4) is 0 Å². The van der Waals surface area contributed by atoms with Gasteiger partial charge < -0.3 is 10.1 Å². The highest BCUT2D eigenvalue weighted by molar-refractivity contribution is 7.19. The van der Waals surface area contributed by atoms with Crippen molar-refractivity contribution in [3.8, 4) is 16.9 Å². The van der Waals surface area contributed by atoms with E-state index in [1.165, 1.54) is 22.2 Å². The molecule has 5 rings (SSSR count). The first-order chi connectivity index (χ1) is 16.2. The monoisotopic (exact) mass is 493 g/mol. The number of carbonyl (C=O) groups excluding carboxylic acids is 2. The zero-order valence-electron chi connectivity index (χ0n) is 18.6. The van der Waals surface area contributed by atoms with Crippen molar-refractivity contribution in [2.24, 2.45) is 0 Å². The van der Waals surface area contributed by atoms with Gasteiger partial charge in [0.1, 0.15) is 10.6 Å². The lowest BCUT2D eigenvalue weighted by molar-refractivity contribution is -0.122. The number of rotatable bonds is 4. The van der Waals surface area contributed by atoms with Crippen LogP contribution in [0, 0.1) is 6.92 Å². The van der Waals surface area contributed by atoms with Gasteiger partial charge in [0.05, 0.1) is 23.4 Å². The molecule has 34 heavy (non-hydrogen) atoms. The second-order valence-electron chi connectivity index (χ2n) is 8.18. The van der Waals surface area contributed by atoms with Crippen LogP contribution >= 0.6 is 22.9 Å². The van der Waals surface area contributed by atoms with Crippen molar-refractivity contribution >= 4 is 50.5 Å². The fourth-order valence-electron chi connectivity index (χ4n) is 4.09. The molecule has 0 bridgehead atoms. The lowest BCUT2D eigenvalue weighted by atomic mass is 10.0. The molecule has 172 valence electrons. The summed E-state index contributed by atoms with van der Waals surface area (Å²) in [5.74, 6) is -0.0598. The number of hydrogen-bond donors (Lipinski definition) is 1. The summed E-state index contributed by atoms with van der Waals surface area (Å²) in [6, 6.07) is 11.3. The quantitative estimate of drug-likeness (QED) is 0.392. The Bertz CT molecular complexity index is 1520. The van der Waals surface area contributed by atoms with Crippen LogP contribution in [0.25, 0.3) is 21.3 Å². The van der Waals surface area contributed by atoms with Crippen molar-refractivity contribution in [3.63, 3.8) is 0 Å². The van der Waals surface area contributed by atoms with Crippen LogP contribution in [0.1, 0.15) is 35.1 Å². The maximum atomic E-state index is 13.6. The first-order valence-electron chi connectivity index (χ1n) is 10.7. The highest BCUT2D eigenvalue weighted by atomic mass is 35.5. The van der Waals surface area contributed by atoms with Crippen LogP contribution in [0.4, 0.5) is 5.69 Å². The van der Waals surface area contributed by atoms with Gasteiger partial charge in [-0.1, -0.05) is 23.7 Å². The van der Waals surface area contributed by atoms with Crippen molar-refractivity contribution < 1.29 is 14.3 Å². The number of aromatic nitrogens is 2. The molecule has 1 N–H and O–H groups in total. The third kappa shape index (κ3) is 3.69. The van der Waals surface area contributed by atoms with Crippen LogP contribution in [0.2, 0.25) is 5.02 Å². The molecule has 2 aromatic carbocycles. The molecule has 1 amide bonds. The number of Topliss-reactive ketones (excluding diaryl/α,β-unsaturated/α-hetero) is 1. The first kappa shape index (κ1) is 22.3. The van der Waals surface area contributed by atoms with E-state index in [-0.39, 0.29) is 17.2 Å². The van der Waals surface area contributed by atoms with Gasteiger partial charge in [0.2, 0.25) is 0 Å². The molecule has 2 unspecified atom stereocenters. The lowest BCUT2D eigenvalue weighted by Gasteiger charge is -2.24. The zero-order valence-corrected chi connectivity index (χ0v) is 20.2. The summed E-state index contributed by atoms with van der Waals surface area (Å²) >= 11 is 7.47. The number of benzene rings is 2. The number of fused-ring (bicyclic) bond motifs is 2. The number of hydrogen-bond acceptors (Lipinski definition) is 6. The number of ether oxygens (including phenoxy) is 1. The molecule has 7 nitrogen and oxygen atoms in total. The molecular formula is C25H20ClN3O4S. The molecule has 0 radical (unpaired) electrons. The molecule has 0 saturated heterocycles. The van der Waals surface area contributed by atoms with E-state index in [9.17, 15) is 14.4 Å². The van der Waals surface area contributed by atoms with E-state index in [0.29, 0.717) is 32.2 Å². The highest BCUT2D eigenvalue weighted by Crippen LogP contribution is 2.36. The third-order valence-electron chi connectivity index (χ3n) is 5.94. The summed E-state index contributed by atoms with van der Waals surface area (Å²) in [6.45, 7) is 5.26. The lowest BCUT2D eigenvalue weighted by Crippen LogP contribution is -2.34. The SMILES string of the molecule is Cc1sc2ncn(C(C)C(=O)c3ccc4c(c3)NC(=O)C(C)O4)c(=O)c2c1-c1ccc(Cl)cc1. The predicted molar refractivity (Wildman–Crippen MR) is 133 cm³/mol. The van der Waals surface area contributed by atoms with Crippen LogP contribution in [-0.2, 0) is 4.79 Å². The number of ketones is 1. The number of halogens is 1. The summed E-state index contributed by atoms with van der Waals surface area (Å²) < 4.78 is 6.91. The number of nitrogens with zero attached hydrogens (tertiary/aromatic N) is 2. The molecule has 2 aromatic heterocycles. The largest absolute Gasteiger partial charge is 0.479 e. The Labute approximate surface area is 204 Å². The smallest absolute Gasteiger partial charge is 0.265 e. The summed E-state index contributed by atoms with van der Waals surface area (Å²) in [6.07, 6.45) is 0.813. The molecule has 0 spiro atoms. The molecule has 0 aliphatic carbocycles. The predicted octanol–water partition coefficient (Wildman–Crippen LogP) is 5.25. The average Bonchev–Trinajstić information content (AvgIpc) is 3.16. The van der Waals surface area contributed by atoms with Gasteiger partial charge >= 0.3 is 0 Å². The molecule has 3 heterocycles. The highest BCUT2D eigenvalue weighted by Gasteiger charge is 2.27. The number of aryl methyl sites for hydroxylation is 1. The van der Waals surface area contributed by atoms with Gasteiger partial charge in [0.25, 0.3) is 11.5 Å². The minimum absolute atomic E-state index is 0.279. The van der Waals surface area contributed by atoms with E-state index in [1.807, 2.05) is 19.1 Å². The Morgan fingerprint density at radius 3 is 2.68 bits per heavy atom. The molecule has 4 aromatic rings. The topological polar surface area (TPSA) is 90.3 Å². The van der Waals surface area contributed by atoms with Gasteiger partial charge in [-0.25, -0.2) is 4.98 Å². The van der Waals surface area contributed by atoms with E-state index < -0.39 is 12.1 Å². The first-order valence-corrected chi connectivity index (χ1v) is 11.9. The van der Waals surface area contributed by atoms with E-state index in [0.717, 1.165) is 16.0 Å². The van der Waals surface area contributed by atoms with Gasteiger partial charge in [-0.05, 0) is 56.7 Å². The zero-order chi connectivity index (χ0) is 24.1. The summed E-state index contributed by atoms with van der Waals surface area (Å²) in [5, 5.41) is 3.83. The maximum Gasteiger partial charge on any atom is 0.265 e. The van der Waals surface area contributed by atoms with Crippen molar-refractivity contribution in [2.75, 3.05) is 5.32 Å².